The Hall–Kier alpha value is -1.79. The molecule has 2 aromatic heterocycles. The Morgan fingerprint density at radius 1 is 1.24 bits per heavy atom. The van der Waals surface area contributed by atoms with Crippen LogP contribution in [-0.4, -0.2) is 54.8 Å². The summed E-state index contributed by atoms with van der Waals surface area (Å²) in [5.74, 6) is 0. The van der Waals surface area contributed by atoms with E-state index in [-0.39, 0.29) is 0 Å². The molecule has 0 bridgehead atoms. The molecule has 11 nitrogen and oxygen atoms in total. The lowest BCUT2D eigenvalue weighted by atomic mass is 9.96. The minimum absolute atomic E-state index is 0.361. The highest BCUT2D eigenvalue weighted by atomic mass is 35.5. The summed E-state index contributed by atoms with van der Waals surface area (Å²) >= 11 is 12.3. The molecule has 5 rings (SSSR count). The Kier molecular flexibility index (Phi) is 6.84. The second-order valence-electron chi connectivity index (χ2n) is 10.0. The number of pyridine rings is 1. The standard InChI is InChI=1S/C23H27Cl2N4O7P/c1-22(2)9-16(12-6-13(24)8-14(25)7-12)35-37(32,36-22)33-10-17-19(30)23(3,31)21(34-17)29-11-28-18-15(26)4-5-27-20(18)29/h4-8,11,16-17,19,21,30-31H,9-10H2,1-3H3,(H2,26,27)/t16-,17+,19+,21+,23+,37?/m0/s1. The summed E-state index contributed by atoms with van der Waals surface area (Å²) in [4.78, 5) is 8.51. The number of fused-ring (bicyclic) bond motifs is 1. The monoisotopic (exact) mass is 572 g/mol. The molecule has 37 heavy (non-hydrogen) atoms. The van der Waals surface area contributed by atoms with Gasteiger partial charge >= 0.3 is 7.82 Å². The number of aromatic nitrogens is 3. The Morgan fingerprint density at radius 3 is 2.65 bits per heavy atom. The number of anilines is 1. The predicted molar refractivity (Wildman–Crippen MR) is 136 cm³/mol. The molecular weight excluding hydrogens is 546 g/mol. The number of nitrogens with zero attached hydrogens (tertiary/aromatic N) is 3. The van der Waals surface area contributed by atoms with E-state index >= 15 is 0 Å². The minimum atomic E-state index is -4.14. The molecule has 2 aliphatic rings. The van der Waals surface area contributed by atoms with Crippen LogP contribution in [0.2, 0.25) is 10.0 Å². The number of hydrogen-bond donors (Lipinski definition) is 3. The number of hydrogen-bond acceptors (Lipinski definition) is 10. The molecule has 4 N–H and O–H groups in total. The third-order valence-electron chi connectivity index (χ3n) is 6.45. The number of aliphatic hydroxyl groups excluding tert-OH is 1. The molecule has 2 fully saturated rings. The first-order valence-corrected chi connectivity index (χ1v) is 13.7. The normalized spacial score (nSPS) is 33.7. The van der Waals surface area contributed by atoms with Crippen LogP contribution in [0.3, 0.4) is 0 Å². The summed E-state index contributed by atoms with van der Waals surface area (Å²) in [6.45, 7) is 4.54. The summed E-state index contributed by atoms with van der Waals surface area (Å²) in [6.07, 6.45) is -0.969. The van der Waals surface area contributed by atoms with Crippen LogP contribution in [0.15, 0.2) is 36.8 Å². The van der Waals surface area contributed by atoms with Gasteiger partial charge in [0.05, 0.1) is 30.3 Å². The van der Waals surface area contributed by atoms with Crippen molar-refractivity contribution in [2.75, 3.05) is 12.3 Å². The van der Waals surface area contributed by atoms with Gasteiger partial charge < -0.3 is 20.7 Å². The average molecular weight is 573 g/mol. The third-order valence-corrected chi connectivity index (χ3v) is 8.58. The molecule has 0 spiro atoms. The first-order valence-electron chi connectivity index (χ1n) is 11.5. The van der Waals surface area contributed by atoms with E-state index in [0.717, 1.165) is 0 Å². The fraction of sp³-hybridized carbons (Fsp3) is 0.478. The Labute approximate surface area is 223 Å². The van der Waals surface area contributed by atoms with Crippen LogP contribution >= 0.6 is 31.0 Å². The van der Waals surface area contributed by atoms with Crippen LogP contribution < -0.4 is 5.73 Å². The minimum Gasteiger partial charge on any atom is -0.397 e. The highest BCUT2D eigenvalue weighted by molar-refractivity contribution is 7.48. The number of phosphoric ester groups is 1. The number of phosphoric acid groups is 1. The molecule has 2 aliphatic heterocycles. The van der Waals surface area contributed by atoms with Crippen molar-refractivity contribution in [1.29, 1.82) is 0 Å². The summed E-state index contributed by atoms with van der Waals surface area (Å²) in [5, 5.41) is 22.8. The first-order chi connectivity index (χ1) is 17.3. The van der Waals surface area contributed by atoms with E-state index in [9.17, 15) is 14.8 Å². The maximum atomic E-state index is 13.6. The van der Waals surface area contributed by atoms with E-state index in [1.165, 1.54) is 24.0 Å². The molecule has 0 saturated carbocycles. The van der Waals surface area contributed by atoms with Gasteiger partial charge in [-0.3, -0.25) is 18.1 Å². The van der Waals surface area contributed by atoms with Crippen LogP contribution in [0.5, 0.6) is 0 Å². The first kappa shape index (κ1) is 26.8. The number of ether oxygens (including phenoxy) is 1. The third kappa shape index (κ3) is 5.13. The van der Waals surface area contributed by atoms with Crippen LogP contribution in [-0.2, 0) is 22.9 Å². The number of aliphatic hydroxyl groups is 2. The number of benzene rings is 1. The van der Waals surface area contributed by atoms with Crippen LogP contribution in [0.1, 0.15) is 45.1 Å². The Balaban J connectivity index is 1.35. The van der Waals surface area contributed by atoms with Gasteiger partial charge in [0.1, 0.15) is 23.3 Å². The summed E-state index contributed by atoms with van der Waals surface area (Å²) < 4.78 is 38.1. The van der Waals surface area contributed by atoms with E-state index in [4.69, 9.17) is 47.2 Å². The molecule has 1 aromatic carbocycles. The lowest BCUT2D eigenvalue weighted by Gasteiger charge is -2.39. The second-order valence-corrected chi connectivity index (χ2v) is 12.4. The summed E-state index contributed by atoms with van der Waals surface area (Å²) in [6, 6.07) is 6.53. The molecule has 4 heterocycles. The maximum Gasteiger partial charge on any atom is 0.476 e. The van der Waals surface area contributed by atoms with Crippen molar-refractivity contribution in [1.82, 2.24) is 14.5 Å². The van der Waals surface area contributed by atoms with E-state index in [0.29, 0.717) is 38.9 Å². The number of halogens is 2. The Bertz CT molecular complexity index is 1360. The average Bonchev–Trinajstić information content (AvgIpc) is 3.30. The van der Waals surface area contributed by atoms with E-state index in [1.807, 2.05) is 0 Å². The Morgan fingerprint density at radius 2 is 1.95 bits per heavy atom. The molecule has 6 atom stereocenters. The van der Waals surface area contributed by atoms with E-state index in [2.05, 4.69) is 9.97 Å². The van der Waals surface area contributed by atoms with Crippen molar-refractivity contribution in [3.63, 3.8) is 0 Å². The zero-order chi connectivity index (χ0) is 26.8. The van der Waals surface area contributed by atoms with E-state index in [1.54, 1.807) is 38.1 Å². The van der Waals surface area contributed by atoms with Gasteiger partial charge in [-0.05, 0) is 50.6 Å². The quantitative estimate of drug-likeness (QED) is 0.375. The smallest absolute Gasteiger partial charge is 0.397 e. The second kappa shape index (κ2) is 9.44. The highest BCUT2D eigenvalue weighted by Crippen LogP contribution is 2.62. The van der Waals surface area contributed by atoms with Gasteiger partial charge in [0.15, 0.2) is 11.9 Å². The van der Waals surface area contributed by atoms with Crippen molar-refractivity contribution in [2.45, 2.75) is 62.9 Å². The molecule has 0 aliphatic carbocycles. The molecule has 14 heteroatoms. The lowest BCUT2D eigenvalue weighted by Crippen LogP contribution is -2.44. The number of nitrogens with two attached hydrogens (primary N) is 1. The molecular formula is C23H27Cl2N4O7P. The lowest BCUT2D eigenvalue weighted by molar-refractivity contribution is -0.0967. The fourth-order valence-electron chi connectivity index (χ4n) is 4.66. The van der Waals surface area contributed by atoms with Crippen molar-refractivity contribution >= 4 is 47.9 Å². The summed E-state index contributed by atoms with van der Waals surface area (Å²) in [7, 11) is -4.14. The summed E-state index contributed by atoms with van der Waals surface area (Å²) in [5.41, 5.74) is 5.15. The van der Waals surface area contributed by atoms with Crippen molar-refractivity contribution in [3.05, 3.63) is 52.4 Å². The van der Waals surface area contributed by atoms with Gasteiger partial charge in [0.25, 0.3) is 0 Å². The van der Waals surface area contributed by atoms with Crippen molar-refractivity contribution in [2.24, 2.45) is 0 Å². The van der Waals surface area contributed by atoms with Gasteiger partial charge in [0.2, 0.25) is 0 Å². The molecule has 200 valence electrons. The highest BCUT2D eigenvalue weighted by Gasteiger charge is 2.55. The van der Waals surface area contributed by atoms with Crippen LogP contribution in [0.25, 0.3) is 11.2 Å². The number of nitrogen functional groups attached to an aromatic ring is 1. The number of imidazole rings is 1. The van der Waals surface area contributed by atoms with E-state index < -0.39 is 50.2 Å². The fourth-order valence-corrected chi connectivity index (χ4v) is 6.88. The van der Waals surface area contributed by atoms with Crippen LogP contribution in [0, 0.1) is 0 Å². The maximum absolute atomic E-state index is 13.6. The van der Waals surface area contributed by atoms with Crippen molar-refractivity contribution < 1.29 is 33.1 Å². The van der Waals surface area contributed by atoms with Crippen LogP contribution in [0.4, 0.5) is 5.69 Å². The van der Waals surface area contributed by atoms with Crippen molar-refractivity contribution in [3.8, 4) is 0 Å². The molecule has 0 radical (unpaired) electrons. The van der Waals surface area contributed by atoms with Gasteiger partial charge in [0, 0.05) is 22.7 Å². The topological polar surface area (TPSA) is 151 Å². The van der Waals surface area contributed by atoms with Gasteiger partial charge in [-0.1, -0.05) is 23.2 Å². The number of rotatable bonds is 5. The molecule has 0 amide bonds. The SMILES string of the molecule is CC1(C)C[C@@H](c2cc(Cl)cc(Cl)c2)OP(=O)(OC[C@H]2O[C@@H](n3cnc4c(N)ccnc43)[C@](C)(O)[C@@H]2O)O1. The molecule has 2 saturated heterocycles. The van der Waals surface area contributed by atoms with Gasteiger partial charge in [-0.2, -0.15) is 0 Å². The molecule has 3 aromatic rings. The predicted octanol–water partition coefficient (Wildman–Crippen LogP) is 4.41. The zero-order valence-electron chi connectivity index (χ0n) is 20.2. The molecule has 1 unspecified atom stereocenters. The zero-order valence-corrected chi connectivity index (χ0v) is 22.7. The van der Waals surface area contributed by atoms with Gasteiger partial charge in [-0.15, -0.1) is 0 Å². The van der Waals surface area contributed by atoms with Gasteiger partial charge in [-0.25, -0.2) is 14.5 Å². The largest absolute Gasteiger partial charge is 0.476 e.